The lowest BCUT2D eigenvalue weighted by atomic mass is 10.3. The molecule has 2 rings (SSSR count). The molecule has 2 heterocycles. The lowest BCUT2D eigenvalue weighted by Crippen LogP contribution is -2.13. The van der Waals surface area contributed by atoms with Gasteiger partial charge in [0, 0.05) is 6.07 Å². The van der Waals surface area contributed by atoms with Gasteiger partial charge >= 0.3 is 0 Å². The monoisotopic (exact) mass is 207 g/mol. The molecule has 4 N–H and O–H groups in total. The molecule has 15 heavy (non-hydrogen) atoms. The summed E-state index contributed by atoms with van der Waals surface area (Å²) in [4.78, 5) is 11.5. The molecular formula is C8H9N5O2. The first-order valence-corrected chi connectivity index (χ1v) is 4.20. The zero-order valence-electron chi connectivity index (χ0n) is 7.94. The second-order valence-corrected chi connectivity index (χ2v) is 2.98. The SMILES string of the molecule is Cc1cc(C(=O)Nc2[nH]ncc2N)no1. The topological polar surface area (TPSA) is 110 Å². The van der Waals surface area contributed by atoms with Crippen LogP contribution < -0.4 is 11.1 Å². The fourth-order valence-electron chi connectivity index (χ4n) is 1.05. The quantitative estimate of drug-likeness (QED) is 0.665. The minimum absolute atomic E-state index is 0.196. The van der Waals surface area contributed by atoms with E-state index in [9.17, 15) is 4.79 Å². The molecule has 0 aromatic carbocycles. The highest BCUT2D eigenvalue weighted by Gasteiger charge is 2.12. The van der Waals surface area contributed by atoms with E-state index < -0.39 is 5.91 Å². The van der Waals surface area contributed by atoms with Gasteiger partial charge in [0.15, 0.2) is 11.5 Å². The Morgan fingerprint density at radius 3 is 3.00 bits per heavy atom. The van der Waals surface area contributed by atoms with Gasteiger partial charge in [-0.25, -0.2) is 0 Å². The molecule has 0 radical (unpaired) electrons. The first-order valence-electron chi connectivity index (χ1n) is 4.20. The number of anilines is 2. The highest BCUT2D eigenvalue weighted by Crippen LogP contribution is 2.13. The zero-order valence-corrected chi connectivity index (χ0v) is 7.94. The number of carbonyl (C=O) groups excluding carboxylic acids is 1. The maximum atomic E-state index is 11.5. The molecule has 0 unspecified atom stereocenters. The van der Waals surface area contributed by atoms with Gasteiger partial charge in [0.1, 0.15) is 5.76 Å². The van der Waals surface area contributed by atoms with Crippen LogP contribution in [0.4, 0.5) is 11.5 Å². The maximum absolute atomic E-state index is 11.5. The van der Waals surface area contributed by atoms with Crippen LogP contribution in [0.15, 0.2) is 16.8 Å². The molecule has 0 aliphatic heterocycles. The maximum Gasteiger partial charge on any atom is 0.279 e. The average Bonchev–Trinajstić information content (AvgIpc) is 2.77. The van der Waals surface area contributed by atoms with Gasteiger partial charge in [-0.1, -0.05) is 5.16 Å². The molecule has 0 saturated carbocycles. The van der Waals surface area contributed by atoms with Crippen molar-refractivity contribution < 1.29 is 9.32 Å². The number of aromatic amines is 1. The Balaban J connectivity index is 2.14. The van der Waals surface area contributed by atoms with Gasteiger partial charge in [0.05, 0.1) is 11.9 Å². The first kappa shape index (κ1) is 9.25. The first-order chi connectivity index (χ1) is 7.16. The van der Waals surface area contributed by atoms with Gasteiger partial charge in [-0.2, -0.15) is 5.10 Å². The summed E-state index contributed by atoms with van der Waals surface area (Å²) < 4.78 is 4.77. The Hall–Kier alpha value is -2.31. The summed E-state index contributed by atoms with van der Waals surface area (Å²) in [6.07, 6.45) is 1.41. The summed E-state index contributed by atoms with van der Waals surface area (Å²) in [7, 11) is 0. The average molecular weight is 207 g/mol. The molecule has 0 fully saturated rings. The number of aryl methyl sites for hydroxylation is 1. The van der Waals surface area contributed by atoms with Crippen LogP contribution >= 0.6 is 0 Å². The van der Waals surface area contributed by atoms with E-state index in [1.807, 2.05) is 0 Å². The second kappa shape index (κ2) is 3.45. The number of rotatable bonds is 2. The summed E-state index contributed by atoms with van der Waals surface area (Å²) in [5.41, 5.74) is 6.08. The zero-order chi connectivity index (χ0) is 10.8. The number of hydrogen-bond donors (Lipinski definition) is 3. The fraction of sp³-hybridized carbons (Fsp3) is 0.125. The normalized spacial score (nSPS) is 10.2. The molecule has 0 saturated heterocycles. The minimum Gasteiger partial charge on any atom is -0.394 e. The van der Waals surface area contributed by atoms with Gasteiger partial charge in [-0.05, 0) is 6.92 Å². The summed E-state index contributed by atoms with van der Waals surface area (Å²) in [5.74, 6) is 0.515. The van der Waals surface area contributed by atoms with E-state index in [0.29, 0.717) is 17.3 Å². The number of hydrogen-bond acceptors (Lipinski definition) is 5. The third kappa shape index (κ3) is 1.80. The van der Waals surface area contributed by atoms with Gasteiger partial charge < -0.3 is 15.6 Å². The van der Waals surface area contributed by atoms with Crippen molar-refractivity contribution in [3.8, 4) is 0 Å². The number of nitrogens with one attached hydrogen (secondary N) is 2. The van der Waals surface area contributed by atoms with Crippen molar-refractivity contribution in [3.63, 3.8) is 0 Å². The van der Waals surface area contributed by atoms with E-state index in [-0.39, 0.29) is 5.69 Å². The molecule has 1 amide bonds. The van der Waals surface area contributed by atoms with Gasteiger partial charge in [0.25, 0.3) is 5.91 Å². The van der Waals surface area contributed by atoms with E-state index in [1.54, 1.807) is 6.92 Å². The van der Waals surface area contributed by atoms with Crippen molar-refractivity contribution >= 4 is 17.4 Å². The molecule has 0 bridgehead atoms. The Bertz CT molecular complexity index is 487. The fourth-order valence-corrected chi connectivity index (χ4v) is 1.05. The number of aromatic nitrogens is 3. The Morgan fingerprint density at radius 1 is 1.67 bits per heavy atom. The highest BCUT2D eigenvalue weighted by atomic mass is 16.5. The van der Waals surface area contributed by atoms with Crippen molar-refractivity contribution in [2.24, 2.45) is 0 Å². The summed E-state index contributed by atoms with van der Waals surface area (Å²) in [6.45, 7) is 1.70. The Labute approximate surface area is 84.6 Å². The summed E-state index contributed by atoms with van der Waals surface area (Å²) in [5, 5.41) is 12.3. The second-order valence-electron chi connectivity index (χ2n) is 2.98. The van der Waals surface area contributed by atoms with Crippen LogP contribution in [0.2, 0.25) is 0 Å². The number of nitrogens with two attached hydrogens (primary N) is 1. The van der Waals surface area contributed by atoms with Crippen LogP contribution in [0.5, 0.6) is 0 Å². The Morgan fingerprint density at radius 2 is 2.47 bits per heavy atom. The highest BCUT2D eigenvalue weighted by molar-refractivity contribution is 6.03. The van der Waals surface area contributed by atoms with Crippen LogP contribution in [0, 0.1) is 6.92 Å². The van der Waals surface area contributed by atoms with Crippen molar-refractivity contribution in [1.29, 1.82) is 0 Å². The number of H-pyrrole nitrogens is 1. The molecule has 0 aliphatic carbocycles. The smallest absolute Gasteiger partial charge is 0.279 e. The van der Waals surface area contributed by atoms with Crippen molar-refractivity contribution in [2.75, 3.05) is 11.1 Å². The van der Waals surface area contributed by atoms with E-state index in [1.165, 1.54) is 12.3 Å². The molecular weight excluding hydrogens is 198 g/mol. The van der Waals surface area contributed by atoms with Gasteiger partial charge in [-0.15, -0.1) is 0 Å². The molecule has 2 aromatic heterocycles. The van der Waals surface area contributed by atoms with Crippen LogP contribution in [0.3, 0.4) is 0 Å². The number of amides is 1. The van der Waals surface area contributed by atoms with E-state index in [0.717, 1.165) is 0 Å². The minimum atomic E-state index is -0.400. The molecule has 7 heteroatoms. The predicted molar refractivity (Wildman–Crippen MR) is 52.2 cm³/mol. The third-order valence-corrected chi connectivity index (χ3v) is 1.77. The Kier molecular flexibility index (Phi) is 2.13. The molecule has 2 aromatic rings. The van der Waals surface area contributed by atoms with Crippen LogP contribution in [-0.2, 0) is 0 Å². The lowest BCUT2D eigenvalue weighted by molar-refractivity contribution is 0.101. The van der Waals surface area contributed by atoms with E-state index in [4.69, 9.17) is 10.3 Å². The van der Waals surface area contributed by atoms with Crippen LogP contribution in [0.25, 0.3) is 0 Å². The number of nitrogens with zero attached hydrogens (tertiary/aromatic N) is 2. The number of nitrogen functional groups attached to an aromatic ring is 1. The summed E-state index contributed by atoms with van der Waals surface area (Å²) >= 11 is 0. The van der Waals surface area contributed by atoms with Gasteiger partial charge in [-0.3, -0.25) is 9.89 Å². The van der Waals surface area contributed by atoms with Gasteiger partial charge in [0.2, 0.25) is 0 Å². The molecule has 0 spiro atoms. The lowest BCUT2D eigenvalue weighted by Gasteiger charge is -1.99. The van der Waals surface area contributed by atoms with Crippen LogP contribution in [-0.4, -0.2) is 21.3 Å². The molecule has 7 nitrogen and oxygen atoms in total. The molecule has 0 aliphatic rings. The summed E-state index contributed by atoms with van der Waals surface area (Å²) in [6, 6.07) is 1.53. The standard InChI is InChI=1S/C8H9N5O2/c1-4-2-6(13-15-4)8(14)11-7-5(9)3-10-12-7/h2-3H,9H2,1H3,(H2,10,11,12,14). The van der Waals surface area contributed by atoms with E-state index in [2.05, 4.69) is 20.7 Å². The van der Waals surface area contributed by atoms with Crippen molar-refractivity contribution in [3.05, 3.63) is 23.7 Å². The van der Waals surface area contributed by atoms with E-state index >= 15 is 0 Å². The largest absolute Gasteiger partial charge is 0.394 e. The number of carbonyl (C=O) groups is 1. The van der Waals surface area contributed by atoms with Crippen molar-refractivity contribution in [2.45, 2.75) is 6.92 Å². The third-order valence-electron chi connectivity index (χ3n) is 1.77. The molecule has 0 atom stereocenters. The molecule has 78 valence electrons. The predicted octanol–water partition coefficient (Wildman–Crippen LogP) is 0.541. The van der Waals surface area contributed by atoms with Crippen LogP contribution in [0.1, 0.15) is 16.2 Å². The van der Waals surface area contributed by atoms with Crippen molar-refractivity contribution in [1.82, 2.24) is 15.4 Å².